The quantitative estimate of drug-likeness (QED) is 0.267. The third kappa shape index (κ3) is 8.53. The number of carboxylic acids is 1. The lowest BCUT2D eigenvalue weighted by Gasteiger charge is -2.37. The second-order valence-corrected chi connectivity index (χ2v) is 9.32. The molecule has 0 aromatic heterocycles. The van der Waals surface area contributed by atoms with Crippen LogP contribution in [0.4, 0.5) is 33.3 Å². The first kappa shape index (κ1) is 29.6. The predicted molar refractivity (Wildman–Crippen MR) is 134 cm³/mol. The molecular weight excluding hydrogens is 535 g/mol. The highest BCUT2D eigenvalue weighted by Crippen LogP contribution is 2.31. The van der Waals surface area contributed by atoms with Gasteiger partial charge in [-0.05, 0) is 37.2 Å². The van der Waals surface area contributed by atoms with E-state index in [1.165, 1.54) is 18.2 Å². The van der Waals surface area contributed by atoms with Crippen LogP contribution in [0.15, 0.2) is 30.3 Å². The van der Waals surface area contributed by atoms with Crippen LogP contribution in [-0.2, 0) is 11.3 Å². The summed E-state index contributed by atoms with van der Waals surface area (Å²) in [5.41, 5.74) is 0.302. The Morgan fingerprint density at radius 1 is 1.03 bits per heavy atom. The molecule has 0 unspecified atom stereocenters. The summed E-state index contributed by atoms with van der Waals surface area (Å²) in [6.07, 6.45) is -4.85. The number of carbonyl (C=O) groups excluding carboxylic acids is 1. The van der Waals surface area contributed by atoms with Crippen molar-refractivity contribution in [1.29, 1.82) is 0 Å². The van der Waals surface area contributed by atoms with E-state index in [1.807, 2.05) is 4.90 Å². The van der Waals surface area contributed by atoms with E-state index in [4.69, 9.17) is 16.7 Å². The second kappa shape index (κ2) is 13.2. The molecule has 7 nitrogen and oxygen atoms in total. The molecule has 13 heteroatoms. The van der Waals surface area contributed by atoms with Crippen LogP contribution in [0.1, 0.15) is 35.2 Å². The number of aliphatic carboxylic acids is 1. The van der Waals surface area contributed by atoms with Crippen LogP contribution in [0, 0.1) is 11.6 Å². The molecule has 1 aliphatic heterocycles. The highest BCUT2D eigenvalue weighted by atomic mass is 35.5. The summed E-state index contributed by atoms with van der Waals surface area (Å²) in [7, 11) is 0. The first-order valence-corrected chi connectivity index (χ1v) is 12.4. The van der Waals surface area contributed by atoms with Gasteiger partial charge in [-0.2, -0.15) is 13.2 Å². The van der Waals surface area contributed by atoms with E-state index in [0.29, 0.717) is 55.5 Å². The molecule has 208 valence electrons. The Kier molecular flexibility index (Phi) is 10.3. The van der Waals surface area contributed by atoms with E-state index in [0.717, 1.165) is 6.07 Å². The standard InChI is InChI=1S/C25H28ClF5N4O3/c26-17-4-6-19(20(14-17)35-12-10-34(11-13-35)9-7-25(29,30)31)33-24(38)18-5-3-16(22(27)23(18)28)15-32-8-1-2-21(36)37/h3-6,14,32H,1-2,7-13,15H2,(H,33,38)(H,36,37). The molecule has 1 aliphatic rings. The average molecular weight is 563 g/mol. The SMILES string of the molecule is O=C(O)CCCNCc1ccc(C(=O)Nc2ccc(Cl)cc2N2CCN(CCC(F)(F)F)CC2)c(F)c1F. The summed E-state index contributed by atoms with van der Waals surface area (Å²) in [5.74, 6) is -4.34. The number of amides is 1. The Morgan fingerprint density at radius 2 is 1.74 bits per heavy atom. The molecule has 2 aromatic carbocycles. The summed E-state index contributed by atoms with van der Waals surface area (Å²) >= 11 is 6.14. The van der Waals surface area contributed by atoms with Crippen molar-refractivity contribution in [3.05, 3.63) is 58.1 Å². The smallest absolute Gasteiger partial charge is 0.390 e. The van der Waals surface area contributed by atoms with Crippen LogP contribution >= 0.6 is 11.6 Å². The van der Waals surface area contributed by atoms with E-state index < -0.39 is 41.7 Å². The van der Waals surface area contributed by atoms with E-state index >= 15 is 0 Å². The summed E-state index contributed by atoms with van der Waals surface area (Å²) in [4.78, 5) is 27.0. The van der Waals surface area contributed by atoms with Crippen LogP contribution in [0.5, 0.6) is 0 Å². The van der Waals surface area contributed by atoms with Gasteiger partial charge >= 0.3 is 12.1 Å². The van der Waals surface area contributed by atoms with E-state index in [1.54, 1.807) is 11.0 Å². The van der Waals surface area contributed by atoms with Crippen molar-refractivity contribution in [2.45, 2.75) is 32.0 Å². The Bertz CT molecular complexity index is 1140. The van der Waals surface area contributed by atoms with Gasteiger partial charge in [0.25, 0.3) is 5.91 Å². The Balaban J connectivity index is 1.65. The fourth-order valence-electron chi connectivity index (χ4n) is 4.05. The molecule has 0 radical (unpaired) electrons. The zero-order valence-corrected chi connectivity index (χ0v) is 21.1. The normalized spacial score (nSPS) is 14.5. The van der Waals surface area contributed by atoms with Crippen molar-refractivity contribution in [2.24, 2.45) is 0 Å². The molecule has 1 amide bonds. The Morgan fingerprint density at radius 3 is 2.39 bits per heavy atom. The number of piperazine rings is 1. The van der Waals surface area contributed by atoms with Gasteiger partial charge in [0.1, 0.15) is 0 Å². The molecule has 0 aliphatic carbocycles. The number of rotatable bonds is 11. The van der Waals surface area contributed by atoms with Gasteiger partial charge in [0.05, 0.1) is 23.4 Å². The highest BCUT2D eigenvalue weighted by Gasteiger charge is 2.29. The highest BCUT2D eigenvalue weighted by molar-refractivity contribution is 6.31. The minimum absolute atomic E-state index is 0.00930. The molecule has 1 heterocycles. The molecule has 3 rings (SSSR count). The van der Waals surface area contributed by atoms with Crippen LogP contribution in [0.25, 0.3) is 0 Å². The molecule has 3 N–H and O–H groups in total. The van der Waals surface area contributed by atoms with Gasteiger partial charge in [-0.15, -0.1) is 0 Å². The van der Waals surface area contributed by atoms with E-state index in [2.05, 4.69) is 10.6 Å². The number of benzene rings is 2. The Labute approximate surface area is 221 Å². The number of hydrogen-bond acceptors (Lipinski definition) is 5. The molecule has 1 saturated heterocycles. The molecule has 1 fully saturated rings. The average Bonchev–Trinajstić information content (AvgIpc) is 2.85. The lowest BCUT2D eigenvalue weighted by Crippen LogP contribution is -2.47. The van der Waals surface area contributed by atoms with Gasteiger partial charge in [-0.3, -0.25) is 14.5 Å². The maximum absolute atomic E-state index is 14.8. The zero-order valence-electron chi connectivity index (χ0n) is 20.4. The number of halogens is 6. The van der Waals surface area contributed by atoms with Gasteiger partial charge in [0.2, 0.25) is 0 Å². The van der Waals surface area contributed by atoms with Crippen molar-refractivity contribution >= 4 is 34.9 Å². The van der Waals surface area contributed by atoms with Crippen LogP contribution < -0.4 is 15.5 Å². The summed E-state index contributed by atoms with van der Waals surface area (Å²) in [6, 6.07) is 7.09. The van der Waals surface area contributed by atoms with Crippen LogP contribution in [0.2, 0.25) is 5.02 Å². The van der Waals surface area contributed by atoms with Crippen LogP contribution in [-0.4, -0.2) is 67.3 Å². The number of hydrogen-bond donors (Lipinski definition) is 3. The Hall–Kier alpha value is -2.96. The number of nitrogens with one attached hydrogen (secondary N) is 2. The lowest BCUT2D eigenvalue weighted by atomic mass is 10.1. The summed E-state index contributed by atoms with van der Waals surface area (Å²) in [5, 5.41) is 14.4. The van der Waals surface area contributed by atoms with Crippen molar-refractivity contribution in [2.75, 3.05) is 49.5 Å². The minimum Gasteiger partial charge on any atom is -0.481 e. The number of alkyl halides is 3. The lowest BCUT2D eigenvalue weighted by molar-refractivity contribution is -0.138. The van der Waals surface area contributed by atoms with Gasteiger partial charge in [-0.25, -0.2) is 8.78 Å². The molecule has 2 aromatic rings. The largest absolute Gasteiger partial charge is 0.481 e. The maximum Gasteiger partial charge on any atom is 0.390 e. The number of carboxylic acid groups (broad SMARTS) is 1. The zero-order chi connectivity index (χ0) is 27.9. The molecule has 0 spiro atoms. The fraction of sp³-hybridized carbons (Fsp3) is 0.440. The third-order valence-electron chi connectivity index (χ3n) is 6.10. The minimum atomic E-state index is -4.23. The summed E-state index contributed by atoms with van der Waals surface area (Å²) < 4.78 is 67.0. The number of anilines is 2. The number of carbonyl (C=O) groups is 2. The van der Waals surface area contributed by atoms with Gasteiger partial charge in [0, 0.05) is 56.3 Å². The predicted octanol–water partition coefficient (Wildman–Crippen LogP) is 4.90. The topological polar surface area (TPSA) is 84.9 Å². The monoisotopic (exact) mass is 562 g/mol. The van der Waals surface area contributed by atoms with Gasteiger partial charge < -0.3 is 20.6 Å². The fourth-order valence-corrected chi connectivity index (χ4v) is 4.21. The first-order chi connectivity index (χ1) is 17.9. The molecule has 38 heavy (non-hydrogen) atoms. The molecule has 0 bridgehead atoms. The van der Waals surface area contributed by atoms with Crippen molar-refractivity contribution < 1.29 is 36.6 Å². The van der Waals surface area contributed by atoms with Crippen LogP contribution in [0.3, 0.4) is 0 Å². The van der Waals surface area contributed by atoms with E-state index in [9.17, 15) is 31.5 Å². The summed E-state index contributed by atoms with van der Waals surface area (Å²) in [6.45, 7) is 1.68. The second-order valence-electron chi connectivity index (χ2n) is 8.88. The molecule has 0 atom stereocenters. The first-order valence-electron chi connectivity index (χ1n) is 12.0. The van der Waals surface area contributed by atoms with Crippen molar-refractivity contribution in [3.63, 3.8) is 0 Å². The number of nitrogens with zero attached hydrogens (tertiary/aromatic N) is 2. The maximum atomic E-state index is 14.8. The third-order valence-corrected chi connectivity index (χ3v) is 6.33. The van der Waals surface area contributed by atoms with Crippen molar-refractivity contribution in [3.8, 4) is 0 Å². The molecule has 0 saturated carbocycles. The van der Waals surface area contributed by atoms with Gasteiger partial charge in [0.15, 0.2) is 11.6 Å². The van der Waals surface area contributed by atoms with E-state index in [-0.39, 0.29) is 25.1 Å². The molecular formula is C25H28ClF5N4O3. The van der Waals surface area contributed by atoms with Gasteiger partial charge in [-0.1, -0.05) is 17.7 Å². The van der Waals surface area contributed by atoms with Crippen molar-refractivity contribution in [1.82, 2.24) is 10.2 Å².